The van der Waals surface area contributed by atoms with E-state index >= 15 is 0 Å². The van der Waals surface area contributed by atoms with Crippen LogP contribution in [0.5, 0.6) is 0 Å². The van der Waals surface area contributed by atoms with Crippen LogP contribution in [0.1, 0.15) is 12.8 Å². The Morgan fingerprint density at radius 3 is 2.37 bits per heavy atom. The summed E-state index contributed by atoms with van der Waals surface area (Å²) < 4.78 is 0. The molecule has 1 aromatic rings. The maximum absolute atomic E-state index is 11.6. The van der Waals surface area contributed by atoms with E-state index in [4.69, 9.17) is 23.2 Å². The Morgan fingerprint density at radius 1 is 1.16 bits per heavy atom. The van der Waals surface area contributed by atoms with Gasteiger partial charge in [-0.2, -0.15) is 0 Å². The third-order valence-electron chi connectivity index (χ3n) is 2.47. The first-order chi connectivity index (χ1) is 9.02. The van der Waals surface area contributed by atoms with Gasteiger partial charge in [0, 0.05) is 21.8 Å². The molecule has 0 aromatic heterocycles. The predicted molar refractivity (Wildman–Crippen MR) is 74.6 cm³/mol. The van der Waals surface area contributed by atoms with Gasteiger partial charge in [0.2, 0.25) is 5.91 Å². The van der Waals surface area contributed by atoms with Crippen LogP contribution >= 0.6 is 23.2 Å². The minimum absolute atomic E-state index is 0.108. The van der Waals surface area contributed by atoms with Crippen molar-refractivity contribution in [2.24, 2.45) is 0 Å². The molecule has 0 radical (unpaired) electrons. The molecule has 0 aliphatic heterocycles. The largest absolute Gasteiger partial charge is 0.335 e. The van der Waals surface area contributed by atoms with E-state index in [1.54, 1.807) is 18.2 Å². The summed E-state index contributed by atoms with van der Waals surface area (Å²) >= 11 is 11.6. The Kier molecular flexibility index (Phi) is 4.50. The lowest BCUT2D eigenvalue weighted by molar-refractivity contribution is -0.115. The van der Waals surface area contributed by atoms with E-state index in [0.717, 1.165) is 12.8 Å². The molecule has 0 spiro atoms. The normalized spacial score (nSPS) is 13.8. The molecule has 0 heterocycles. The fourth-order valence-corrected chi connectivity index (χ4v) is 1.98. The summed E-state index contributed by atoms with van der Waals surface area (Å²) in [6, 6.07) is 4.65. The summed E-state index contributed by atoms with van der Waals surface area (Å²) in [6.07, 6.45) is 2.00. The number of rotatable bonds is 4. The van der Waals surface area contributed by atoms with Crippen molar-refractivity contribution in [1.82, 2.24) is 10.6 Å². The van der Waals surface area contributed by atoms with Crippen LogP contribution in [0.25, 0.3) is 0 Å². The van der Waals surface area contributed by atoms with Crippen LogP contribution in [0, 0.1) is 0 Å². The molecule has 2 rings (SSSR count). The molecule has 3 N–H and O–H groups in total. The molecule has 0 bridgehead atoms. The first-order valence-electron chi connectivity index (χ1n) is 5.83. The minimum Gasteiger partial charge on any atom is -0.335 e. The number of urea groups is 1. The topological polar surface area (TPSA) is 70.2 Å². The van der Waals surface area contributed by atoms with Gasteiger partial charge in [0.1, 0.15) is 0 Å². The lowest BCUT2D eigenvalue weighted by Gasteiger charge is -2.08. The van der Waals surface area contributed by atoms with Crippen molar-refractivity contribution in [2.45, 2.75) is 18.9 Å². The predicted octanol–water partition coefficient (Wildman–Crippen LogP) is 2.39. The van der Waals surface area contributed by atoms with Gasteiger partial charge in [-0.25, -0.2) is 4.79 Å². The lowest BCUT2D eigenvalue weighted by atomic mass is 10.3. The van der Waals surface area contributed by atoms with E-state index in [2.05, 4.69) is 16.0 Å². The Morgan fingerprint density at radius 2 is 1.79 bits per heavy atom. The van der Waals surface area contributed by atoms with Crippen molar-refractivity contribution >= 4 is 40.8 Å². The lowest BCUT2D eigenvalue weighted by Crippen LogP contribution is -2.40. The van der Waals surface area contributed by atoms with Gasteiger partial charge in [0.25, 0.3) is 0 Å². The molecule has 1 aromatic carbocycles. The van der Waals surface area contributed by atoms with Gasteiger partial charge in [-0.3, -0.25) is 4.79 Å². The number of hydrogen-bond acceptors (Lipinski definition) is 2. The highest BCUT2D eigenvalue weighted by atomic mass is 35.5. The molecule has 5 nitrogen and oxygen atoms in total. The van der Waals surface area contributed by atoms with Crippen molar-refractivity contribution in [3.05, 3.63) is 28.2 Å². The second-order valence-electron chi connectivity index (χ2n) is 4.31. The molecule has 1 aliphatic rings. The first kappa shape index (κ1) is 14.0. The standard InChI is InChI=1S/C12H13Cl2N3O2/c13-7-3-8(14)5-10(4-7)16-11(18)6-15-12(19)17-9-1-2-9/h3-5,9H,1-2,6H2,(H,16,18)(H2,15,17,19). The molecule has 7 heteroatoms. The van der Waals surface area contributed by atoms with Gasteiger partial charge in [0.05, 0.1) is 6.54 Å². The molecule has 1 fully saturated rings. The molecule has 0 saturated heterocycles. The Balaban J connectivity index is 1.78. The number of carbonyl (C=O) groups is 2. The number of benzene rings is 1. The first-order valence-corrected chi connectivity index (χ1v) is 6.59. The van der Waals surface area contributed by atoms with Gasteiger partial charge >= 0.3 is 6.03 Å². The fraction of sp³-hybridized carbons (Fsp3) is 0.333. The van der Waals surface area contributed by atoms with Crippen molar-refractivity contribution in [1.29, 1.82) is 0 Å². The number of nitrogens with one attached hydrogen (secondary N) is 3. The Hall–Kier alpha value is -1.46. The zero-order chi connectivity index (χ0) is 13.8. The van der Waals surface area contributed by atoms with Crippen LogP contribution in [0.3, 0.4) is 0 Å². The number of halogens is 2. The molecule has 19 heavy (non-hydrogen) atoms. The van der Waals surface area contributed by atoms with Crippen molar-refractivity contribution in [3.8, 4) is 0 Å². The fourth-order valence-electron chi connectivity index (χ4n) is 1.46. The highest BCUT2D eigenvalue weighted by molar-refractivity contribution is 6.35. The van der Waals surface area contributed by atoms with E-state index in [1.807, 2.05) is 0 Å². The third-order valence-corrected chi connectivity index (χ3v) is 2.90. The summed E-state index contributed by atoms with van der Waals surface area (Å²) in [5.74, 6) is -0.343. The second kappa shape index (κ2) is 6.12. The smallest absolute Gasteiger partial charge is 0.315 e. The molecule has 102 valence electrons. The summed E-state index contributed by atoms with van der Waals surface area (Å²) in [4.78, 5) is 22.9. The molecule has 0 unspecified atom stereocenters. The van der Waals surface area contributed by atoms with Crippen LogP contribution in [0.2, 0.25) is 10.0 Å². The highest BCUT2D eigenvalue weighted by Crippen LogP contribution is 2.22. The molecular formula is C12H13Cl2N3O2. The van der Waals surface area contributed by atoms with E-state index in [9.17, 15) is 9.59 Å². The second-order valence-corrected chi connectivity index (χ2v) is 5.18. The zero-order valence-electron chi connectivity index (χ0n) is 10.0. The quantitative estimate of drug-likeness (QED) is 0.799. The number of hydrogen-bond donors (Lipinski definition) is 3. The SMILES string of the molecule is O=C(CNC(=O)NC1CC1)Nc1cc(Cl)cc(Cl)c1. The molecular weight excluding hydrogens is 289 g/mol. The molecule has 0 atom stereocenters. The summed E-state index contributed by atoms with van der Waals surface area (Å²) in [6.45, 7) is -0.108. The highest BCUT2D eigenvalue weighted by Gasteiger charge is 2.23. The zero-order valence-corrected chi connectivity index (χ0v) is 11.5. The van der Waals surface area contributed by atoms with Gasteiger partial charge in [-0.1, -0.05) is 23.2 Å². The number of carbonyl (C=O) groups excluding carboxylic acids is 2. The maximum Gasteiger partial charge on any atom is 0.315 e. The van der Waals surface area contributed by atoms with E-state index in [-0.39, 0.29) is 24.5 Å². The van der Waals surface area contributed by atoms with Crippen LogP contribution in [0.15, 0.2) is 18.2 Å². The number of amides is 3. The number of anilines is 1. The Labute approximate surface area is 120 Å². The van der Waals surface area contributed by atoms with Gasteiger partial charge < -0.3 is 16.0 Å². The monoisotopic (exact) mass is 301 g/mol. The van der Waals surface area contributed by atoms with Gasteiger partial charge in [0.15, 0.2) is 0 Å². The van der Waals surface area contributed by atoms with Crippen molar-refractivity contribution in [3.63, 3.8) is 0 Å². The van der Waals surface area contributed by atoms with Crippen LogP contribution in [-0.2, 0) is 4.79 Å². The van der Waals surface area contributed by atoms with Gasteiger partial charge in [-0.05, 0) is 31.0 Å². The summed E-state index contributed by atoms with van der Waals surface area (Å²) in [7, 11) is 0. The van der Waals surface area contributed by atoms with Gasteiger partial charge in [-0.15, -0.1) is 0 Å². The van der Waals surface area contributed by atoms with Crippen molar-refractivity contribution < 1.29 is 9.59 Å². The minimum atomic E-state index is -0.343. The van der Waals surface area contributed by atoms with Crippen LogP contribution in [0.4, 0.5) is 10.5 Å². The molecule has 1 saturated carbocycles. The Bertz CT molecular complexity index is 483. The van der Waals surface area contributed by atoms with Crippen LogP contribution in [-0.4, -0.2) is 24.5 Å². The van der Waals surface area contributed by atoms with E-state index in [0.29, 0.717) is 15.7 Å². The van der Waals surface area contributed by atoms with E-state index in [1.165, 1.54) is 0 Å². The van der Waals surface area contributed by atoms with Crippen molar-refractivity contribution in [2.75, 3.05) is 11.9 Å². The molecule has 3 amide bonds. The summed E-state index contributed by atoms with van der Waals surface area (Å²) in [5, 5.41) is 8.66. The van der Waals surface area contributed by atoms with Crippen LogP contribution < -0.4 is 16.0 Å². The third kappa shape index (κ3) is 4.96. The summed E-state index contributed by atoms with van der Waals surface area (Å²) in [5.41, 5.74) is 0.493. The average Bonchev–Trinajstić information content (AvgIpc) is 3.09. The maximum atomic E-state index is 11.6. The average molecular weight is 302 g/mol. The molecule has 1 aliphatic carbocycles. The van der Waals surface area contributed by atoms with E-state index < -0.39 is 0 Å².